The van der Waals surface area contributed by atoms with E-state index in [1.165, 1.54) is 23.8 Å². The van der Waals surface area contributed by atoms with Crippen molar-refractivity contribution in [3.05, 3.63) is 34.2 Å². The molecule has 2 fully saturated rings. The molecule has 1 aromatic rings. The Morgan fingerprint density at radius 3 is 2.67 bits per heavy atom. The van der Waals surface area contributed by atoms with E-state index in [0.717, 1.165) is 38.6 Å². The van der Waals surface area contributed by atoms with Crippen LogP contribution in [0.5, 0.6) is 0 Å². The van der Waals surface area contributed by atoms with Gasteiger partial charge in [0.15, 0.2) is 0 Å². The first-order chi connectivity index (χ1) is 10.2. The molecular formula is C16H23N3O2. The van der Waals surface area contributed by atoms with E-state index >= 15 is 0 Å². The molecule has 2 aliphatic rings. The molecule has 5 heteroatoms. The molecule has 5 nitrogen and oxygen atoms in total. The van der Waals surface area contributed by atoms with Crippen LogP contribution in [0.15, 0.2) is 23.1 Å². The number of carbonyl (C=O) groups excluding carboxylic acids is 1. The summed E-state index contributed by atoms with van der Waals surface area (Å²) >= 11 is 0. The predicted molar refractivity (Wildman–Crippen MR) is 81.4 cm³/mol. The summed E-state index contributed by atoms with van der Waals surface area (Å²) < 4.78 is 1.46. The van der Waals surface area contributed by atoms with Gasteiger partial charge in [0.2, 0.25) is 0 Å². The maximum Gasteiger partial charge on any atom is 0.263 e. The molecule has 0 unspecified atom stereocenters. The summed E-state index contributed by atoms with van der Waals surface area (Å²) in [5.74, 6) is -0.119. The van der Waals surface area contributed by atoms with Crippen LogP contribution < -0.4 is 5.56 Å². The lowest BCUT2D eigenvalue weighted by Crippen LogP contribution is -2.43. The van der Waals surface area contributed by atoms with Crippen LogP contribution in [0.25, 0.3) is 0 Å². The molecule has 1 saturated heterocycles. The number of aryl methyl sites for hydroxylation is 1. The van der Waals surface area contributed by atoms with Crippen LogP contribution >= 0.6 is 0 Å². The number of hydrogen-bond donors (Lipinski definition) is 0. The number of carbonyl (C=O) groups is 1. The Labute approximate surface area is 125 Å². The van der Waals surface area contributed by atoms with Crippen molar-refractivity contribution in [1.82, 2.24) is 14.4 Å². The minimum absolute atomic E-state index is 0.119. The average Bonchev–Trinajstić information content (AvgIpc) is 2.65. The normalized spacial score (nSPS) is 20.9. The van der Waals surface area contributed by atoms with Crippen molar-refractivity contribution in [2.24, 2.45) is 7.05 Å². The second kappa shape index (κ2) is 6.02. The smallest absolute Gasteiger partial charge is 0.263 e. The van der Waals surface area contributed by atoms with Gasteiger partial charge in [-0.15, -0.1) is 0 Å². The number of amides is 1. The highest BCUT2D eigenvalue weighted by molar-refractivity contribution is 5.93. The van der Waals surface area contributed by atoms with Crippen molar-refractivity contribution in [2.45, 2.75) is 31.7 Å². The summed E-state index contributed by atoms with van der Waals surface area (Å²) in [4.78, 5) is 29.0. The largest absolute Gasteiger partial charge is 0.337 e. The van der Waals surface area contributed by atoms with Gasteiger partial charge in [0.1, 0.15) is 5.56 Å². The van der Waals surface area contributed by atoms with Crippen molar-refractivity contribution in [1.29, 1.82) is 0 Å². The average molecular weight is 289 g/mol. The summed E-state index contributed by atoms with van der Waals surface area (Å²) in [6, 6.07) is 4.12. The number of pyridine rings is 1. The fourth-order valence-electron chi connectivity index (χ4n) is 3.19. The first-order valence-corrected chi connectivity index (χ1v) is 7.86. The second-order valence-electron chi connectivity index (χ2n) is 6.10. The van der Waals surface area contributed by atoms with Crippen molar-refractivity contribution >= 4 is 5.91 Å². The Hall–Kier alpha value is -1.62. The molecule has 0 bridgehead atoms. The van der Waals surface area contributed by atoms with Crippen molar-refractivity contribution in [2.75, 3.05) is 26.2 Å². The highest BCUT2D eigenvalue weighted by atomic mass is 16.2. The van der Waals surface area contributed by atoms with Gasteiger partial charge >= 0.3 is 0 Å². The molecule has 3 rings (SSSR count). The molecule has 1 aromatic heterocycles. The minimum atomic E-state index is -0.206. The van der Waals surface area contributed by atoms with E-state index in [9.17, 15) is 9.59 Å². The van der Waals surface area contributed by atoms with Crippen LogP contribution in [0.4, 0.5) is 0 Å². The Kier molecular flexibility index (Phi) is 4.10. The molecule has 0 aromatic carbocycles. The second-order valence-corrected chi connectivity index (χ2v) is 6.10. The van der Waals surface area contributed by atoms with Crippen LogP contribution in [0.2, 0.25) is 0 Å². The molecule has 21 heavy (non-hydrogen) atoms. The predicted octanol–water partition coefficient (Wildman–Crippen LogP) is 1.09. The van der Waals surface area contributed by atoms with Crippen molar-refractivity contribution < 1.29 is 4.79 Å². The maximum absolute atomic E-state index is 12.6. The first kappa shape index (κ1) is 14.3. The quantitative estimate of drug-likeness (QED) is 0.818. The number of rotatable bonds is 2. The first-order valence-electron chi connectivity index (χ1n) is 7.86. The molecule has 1 aliphatic heterocycles. The summed E-state index contributed by atoms with van der Waals surface area (Å²) in [6.07, 6.45) is 6.61. The van der Waals surface area contributed by atoms with Crippen molar-refractivity contribution in [3.8, 4) is 0 Å². The van der Waals surface area contributed by atoms with Crippen LogP contribution in [0, 0.1) is 0 Å². The zero-order valence-corrected chi connectivity index (χ0v) is 12.6. The number of hydrogen-bond acceptors (Lipinski definition) is 3. The molecule has 1 saturated carbocycles. The lowest BCUT2D eigenvalue weighted by molar-refractivity contribution is 0.0747. The van der Waals surface area contributed by atoms with E-state index in [-0.39, 0.29) is 17.0 Å². The van der Waals surface area contributed by atoms with Gasteiger partial charge in [-0.3, -0.25) is 14.5 Å². The third-order valence-corrected chi connectivity index (χ3v) is 4.76. The third kappa shape index (κ3) is 2.88. The number of nitrogens with zero attached hydrogens (tertiary/aromatic N) is 3. The Bertz CT molecular complexity index is 577. The molecule has 114 valence electrons. The van der Waals surface area contributed by atoms with Gasteiger partial charge in [-0.2, -0.15) is 0 Å². The highest BCUT2D eigenvalue weighted by Gasteiger charge is 2.28. The van der Waals surface area contributed by atoms with Crippen LogP contribution in [-0.2, 0) is 7.05 Å². The molecule has 0 atom stereocenters. The molecule has 1 aliphatic carbocycles. The van der Waals surface area contributed by atoms with Gasteiger partial charge in [0.05, 0.1) is 0 Å². The summed E-state index contributed by atoms with van der Waals surface area (Å²) in [6.45, 7) is 3.48. The van der Waals surface area contributed by atoms with E-state index in [1.807, 2.05) is 4.90 Å². The monoisotopic (exact) mass is 289 g/mol. The lowest BCUT2D eigenvalue weighted by atomic mass is 9.91. The zero-order valence-electron chi connectivity index (χ0n) is 12.6. The van der Waals surface area contributed by atoms with Gasteiger partial charge in [-0.25, -0.2) is 0 Å². The summed E-state index contributed by atoms with van der Waals surface area (Å²) in [5.41, 5.74) is 0.0830. The summed E-state index contributed by atoms with van der Waals surface area (Å²) in [5, 5.41) is 0. The van der Waals surface area contributed by atoms with Gasteiger partial charge in [-0.05, 0) is 31.4 Å². The van der Waals surface area contributed by atoms with E-state index in [1.54, 1.807) is 25.4 Å². The fourth-order valence-corrected chi connectivity index (χ4v) is 3.19. The molecular weight excluding hydrogens is 266 g/mol. The molecule has 0 spiro atoms. The van der Waals surface area contributed by atoms with E-state index in [2.05, 4.69) is 4.90 Å². The van der Waals surface area contributed by atoms with Crippen molar-refractivity contribution in [3.63, 3.8) is 0 Å². The van der Waals surface area contributed by atoms with Gasteiger partial charge < -0.3 is 9.47 Å². The maximum atomic E-state index is 12.6. The van der Waals surface area contributed by atoms with Crippen LogP contribution in [0.3, 0.4) is 0 Å². The van der Waals surface area contributed by atoms with E-state index < -0.39 is 0 Å². The number of aromatic nitrogens is 1. The lowest BCUT2D eigenvalue weighted by Gasteiger charge is -2.36. The van der Waals surface area contributed by atoms with Crippen LogP contribution in [-0.4, -0.2) is 52.5 Å². The molecule has 1 amide bonds. The van der Waals surface area contributed by atoms with Gasteiger partial charge in [0, 0.05) is 45.5 Å². The Balaban J connectivity index is 1.70. The Morgan fingerprint density at radius 2 is 1.95 bits per heavy atom. The molecule has 0 radical (unpaired) electrons. The fraction of sp³-hybridized carbons (Fsp3) is 0.625. The Morgan fingerprint density at radius 1 is 1.14 bits per heavy atom. The van der Waals surface area contributed by atoms with Gasteiger partial charge in [0.25, 0.3) is 11.5 Å². The third-order valence-electron chi connectivity index (χ3n) is 4.76. The molecule has 2 heterocycles. The summed E-state index contributed by atoms with van der Waals surface area (Å²) in [7, 11) is 1.68. The standard InChI is InChI=1S/C16H23N3O2/c1-17-8-3-7-14(15(17)20)16(21)19-10-4-9-18(11-12-19)13-5-2-6-13/h3,7-8,13H,2,4-6,9-12H2,1H3. The zero-order chi connectivity index (χ0) is 14.8. The molecule has 0 N–H and O–H groups in total. The SMILES string of the molecule is Cn1cccc(C(=O)N2CCCN(C3CCC3)CC2)c1=O. The van der Waals surface area contributed by atoms with E-state index in [0.29, 0.717) is 0 Å². The van der Waals surface area contributed by atoms with E-state index in [4.69, 9.17) is 0 Å². The van der Waals surface area contributed by atoms with Gasteiger partial charge in [-0.1, -0.05) is 6.42 Å². The highest BCUT2D eigenvalue weighted by Crippen LogP contribution is 2.25. The topological polar surface area (TPSA) is 45.6 Å². The minimum Gasteiger partial charge on any atom is -0.337 e. The van der Waals surface area contributed by atoms with Crippen LogP contribution in [0.1, 0.15) is 36.0 Å².